The first-order valence-electron chi connectivity index (χ1n) is 5.68. The summed E-state index contributed by atoms with van der Waals surface area (Å²) in [4.78, 5) is 25.7. The second kappa shape index (κ2) is 5.35. The Morgan fingerprint density at radius 1 is 1.44 bits per heavy atom. The number of rotatable bonds is 4. The minimum Gasteiger partial charge on any atom is -0.469 e. The van der Waals surface area contributed by atoms with Gasteiger partial charge in [0.05, 0.1) is 6.26 Å². The summed E-state index contributed by atoms with van der Waals surface area (Å²) in [7, 11) is 0. The second-order valence-electron chi connectivity index (χ2n) is 4.07. The highest BCUT2D eigenvalue weighted by atomic mass is 16.3. The maximum Gasteiger partial charge on any atom is 0.260 e. The first-order valence-corrected chi connectivity index (χ1v) is 5.68. The molecule has 0 aliphatic rings. The van der Waals surface area contributed by atoms with E-state index in [1.165, 1.54) is 12.3 Å². The van der Waals surface area contributed by atoms with Crippen molar-refractivity contribution >= 4 is 5.91 Å². The van der Waals surface area contributed by atoms with Gasteiger partial charge in [-0.2, -0.15) is 0 Å². The largest absolute Gasteiger partial charge is 0.469 e. The number of furan rings is 1. The van der Waals surface area contributed by atoms with Crippen LogP contribution in [0.25, 0.3) is 0 Å². The van der Waals surface area contributed by atoms with Gasteiger partial charge in [0.15, 0.2) is 0 Å². The highest BCUT2D eigenvalue weighted by Crippen LogP contribution is 2.04. The summed E-state index contributed by atoms with van der Waals surface area (Å²) in [6, 6.07) is 6.65. The van der Waals surface area contributed by atoms with Crippen LogP contribution in [0.1, 0.15) is 23.0 Å². The molecule has 0 saturated carbocycles. The summed E-state index contributed by atoms with van der Waals surface area (Å²) in [6.45, 7) is 1.86. The van der Waals surface area contributed by atoms with Crippen molar-refractivity contribution in [2.75, 3.05) is 0 Å². The van der Waals surface area contributed by atoms with Gasteiger partial charge in [-0.3, -0.25) is 9.59 Å². The first kappa shape index (κ1) is 12.2. The molecule has 2 rings (SSSR count). The molecule has 1 amide bonds. The Kier molecular flexibility index (Phi) is 3.62. The maximum atomic E-state index is 11.8. The van der Waals surface area contributed by atoms with Crippen LogP contribution in [0, 0.1) is 0 Å². The zero-order valence-corrected chi connectivity index (χ0v) is 9.97. The Bertz CT molecular complexity index is 572. The number of aromatic amines is 1. The van der Waals surface area contributed by atoms with Gasteiger partial charge in [-0.1, -0.05) is 0 Å². The topological polar surface area (TPSA) is 75.1 Å². The fraction of sp³-hybridized carbons (Fsp3) is 0.231. The number of aromatic nitrogens is 1. The zero-order valence-electron chi connectivity index (χ0n) is 9.97. The molecule has 18 heavy (non-hydrogen) atoms. The van der Waals surface area contributed by atoms with E-state index in [0.29, 0.717) is 6.42 Å². The smallest absolute Gasteiger partial charge is 0.260 e. The lowest BCUT2D eigenvalue weighted by Crippen LogP contribution is -2.36. The molecule has 0 aromatic carbocycles. The average Bonchev–Trinajstić information content (AvgIpc) is 2.82. The minimum absolute atomic E-state index is 0.108. The predicted octanol–water partition coefficient (Wildman–Crippen LogP) is 1.33. The lowest BCUT2D eigenvalue weighted by molar-refractivity contribution is 0.0937. The fourth-order valence-electron chi connectivity index (χ4n) is 1.68. The number of H-pyrrole nitrogens is 1. The minimum atomic E-state index is -0.389. The first-order chi connectivity index (χ1) is 8.66. The van der Waals surface area contributed by atoms with Crippen molar-refractivity contribution in [3.05, 3.63) is 58.4 Å². The maximum absolute atomic E-state index is 11.8. The lowest BCUT2D eigenvalue weighted by Gasteiger charge is -2.11. The summed E-state index contributed by atoms with van der Waals surface area (Å²) in [6.07, 6.45) is 3.67. The van der Waals surface area contributed by atoms with Crippen molar-refractivity contribution in [3.63, 3.8) is 0 Å². The molecule has 2 N–H and O–H groups in total. The van der Waals surface area contributed by atoms with Crippen molar-refractivity contribution in [1.29, 1.82) is 0 Å². The van der Waals surface area contributed by atoms with Crippen LogP contribution in [0.3, 0.4) is 0 Å². The van der Waals surface area contributed by atoms with Gasteiger partial charge in [0.25, 0.3) is 11.5 Å². The molecule has 0 saturated heterocycles. The van der Waals surface area contributed by atoms with Crippen LogP contribution in [-0.4, -0.2) is 16.9 Å². The van der Waals surface area contributed by atoms with Gasteiger partial charge in [0.1, 0.15) is 11.3 Å². The van der Waals surface area contributed by atoms with Crippen molar-refractivity contribution in [2.24, 2.45) is 0 Å². The highest BCUT2D eigenvalue weighted by molar-refractivity contribution is 5.93. The van der Waals surface area contributed by atoms with Crippen LogP contribution in [0.5, 0.6) is 0 Å². The number of carbonyl (C=O) groups excluding carboxylic acids is 1. The molecule has 5 heteroatoms. The van der Waals surface area contributed by atoms with Gasteiger partial charge in [0.2, 0.25) is 0 Å². The molecule has 2 aromatic rings. The quantitative estimate of drug-likeness (QED) is 0.854. The Hall–Kier alpha value is -2.30. The summed E-state index contributed by atoms with van der Waals surface area (Å²) >= 11 is 0. The van der Waals surface area contributed by atoms with Crippen LogP contribution in [0.2, 0.25) is 0 Å². The van der Waals surface area contributed by atoms with Gasteiger partial charge in [-0.25, -0.2) is 0 Å². The Morgan fingerprint density at radius 3 is 2.94 bits per heavy atom. The highest BCUT2D eigenvalue weighted by Gasteiger charge is 2.13. The molecule has 0 radical (unpaired) electrons. The van der Waals surface area contributed by atoms with E-state index in [1.54, 1.807) is 18.4 Å². The van der Waals surface area contributed by atoms with E-state index in [1.807, 2.05) is 13.0 Å². The standard InChI is InChI=1S/C13H14N2O3/c1-9(8-10-4-3-7-18-10)15-13(17)11-5-2-6-14-12(11)16/h2-7,9H,8H2,1H3,(H,14,16)(H,15,17). The molecule has 0 aliphatic heterocycles. The van der Waals surface area contributed by atoms with Crippen molar-refractivity contribution < 1.29 is 9.21 Å². The lowest BCUT2D eigenvalue weighted by atomic mass is 10.2. The van der Waals surface area contributed by atoms with E-state index in [9.17, 15) is 9.59 Å². The van der Waals surface area contributed by atoms with Gasteiger partial charge in [0, 0.05) is 18.7 Å². The van der Waals surface area contributed by atoms with E-state index in [-0.39, 0.29) is 23.1 Å². The number of nitrogens with one attached hydrogen (secondary N) is 2. The van der Waals surface area contributed by atoms with Crippen molar-refractivity contribution in [3.8, 4) is 0 Å². The predicted molar refractivity (Wildman–Crippen MR) is 66.4 cm³/mol. The number of amides is 1. The molecule has 1 unspecified atom stereocenters. The number of carbonyl (C=O) groups is 1. The third-order valence-corrected chi connectivity index (χ3v) is 2.53. The molecule has 0 aliphatic carbocycles. The van der Waals surface area contributed by atoms with Gasteiger partial charge < -0.3 is 14.7 Å². The average molecular weight is 246 g/mol. The molecule has 0 fully saturated rings. The molecule has 1 atom stereocenters. The number of pyridine rings is 1. The summed E-state index contributed by atoms with van der Waals surface area (Å²) in [5.41, 5.74) is -0.274. The second-order valence-corrected chi connectivity index (χ2v) is 4.07. The Labute approximate surface area is 104 Å². The van der Waals surface area contributed by atoms with Gasteiger partial charge >= 0.3 is 0 Å². The molecular weight excluding hydrogens is 232 g/mol. The zero-order chi connectivity index (χ0) is 13.0. The van der Waals surface area contributed by atoms with Gasteiger partial charge in [-0.05, 0) is 31.2 Å². The van der Waals surface area contributed by atoms with E-state index < -0.39 is 0 Å². The number of hydrogen-bond donors (Lipinski definition) is 2. The number of hydrogen-bond acceptors (Lipinski definition) is 3. The van der Waals surface area contributed by atoms with E-state index >= 15 is 0 Å². The van der Waals surface area contributed by atoms with Crippen LogP contribution in [0.15, 0.2) is 45.9 Å². The SMILES string of the molecule is CC(Cc1ccco1)NC(=O)c1ccc[nH]c1=O. The van der Waals surface area contributed by atoms with E-state index in [0.717, 1.165) is 5.76 Å². The monoisotopic (exact) mass is 246 g/mol. The van der Waals surface area contributed by atoms with Gasteiger partial charge in [-0.15, -0.1) is 0 Å². The molecule has 0 bridgehead atoms. The molecule has 94 valence electrons. The summed E-state index contributed by atoms with van der Waals surface area (Å²) < 4.78 is 5.20. The third-order valence-electron chi connectivity index (χ3n) is 2.53. The van der Waals surface area contributed by atoms with Crippen LogP contribution < -0.4 is 10.9 Å². The molecule has 2 aromatic heterocycles. The Morgan fingerprint density at radius 2 is 2.28 bits per heavy atom. The normalized spacial score (nSPS) is 12.1. The molecular formula is C13H14N2O3. The van der Waals surface area contributed by atoms with Crippen LogP contribution in [0.4, 0.5) is 0 Å². The molecule has 5 nitrogen and oxygen atoms in total. The molecule has 2 heterocycles. The third kappa shape index (κ3) is 2.88. The summed E-state index contributed by atoms with van der Waals surface area (Å²) in [5.74, 6) is 0.417. The summed E-state index contributed by atoms with van der Waals surface area (Å²) in [5, 5.41) is 2.76. The Balaban J connectivity index is 1.99. The van der Waals surface area contributed by atoms with E-state index in [2.05, 4.69) is 10.3 Å². The fourth-order valence-corrected chi connectivity index (χ4v) is 1.68. The van der Waals surface area contributed by atoms with Crippen LogP contribution >= 0.6 is 0 Å². The van der Waals surface area contributed by atoms with Crippen molar-refractivity contribution in [2.45, 2.75) is 19.4 Å². The van der Waals surface area contributed by atoms with Crippen molar-refractivity contribution in [1.82, 2.24) is 10.3 Å². The van der Waals surface area contributed by atoms with E-state index in [4.69, 9.17) is 4.42 Å². The molecule has 0 spiro atoms. The van der Waals surface area contributed by atoms with Crippen LogP contribution in [-0.2, 0) is 6.42 Å².